The number of nitrogens with one attached hydrogen (secondary N) is 1. The lowest BCUT2D eigenvalue weighted by atomic mass is 9.90. The predicted molar refractivity (Wildman–Crippen MR) is 118 cm³/mol. The Morgan fingerprint density at radius 3 is 2.62 bits per heavy atom. The fourth-order valence-electron chi connectivity index (χ4n) is 5.11. The molecule has 0 atom stereocenters. The topological polar surface area (TPSA) is 41.6 Å². The van der Waals surface area contributed by atoms with Gasteiger partial charge in [0.25, 0.3) is 0 Å². The summed E-state index contributed by atoms with van der Waals surface area (Å²) in [5.41, 5.74) is 3.77. The van der Waals surface area contributed by atoms with Gasteiger partial charge in [0.05, 0.1) is 7.11 Å². The van der Waals surface area contributed by atoms with E-state index in [4.69, 9.17) is 16.3 Å². The number of hydrogen-bond acceptors (Lipinski definition) is 3. The van der Waals surface area contributed by atoms with Crippen molar-refractivity contribution in [2.24, 2.45) is 5.92 Å². The summed E-state index contributed by atoms with van der Waals surface area (Å²) in [6.45, 7) is 2.97. The van der Waals surface area contributed by atoms with Crippen molar-refractivity contribution in [3.8, 4) is 5.75 Å². The number of piperidine rings is 1. The number of rotatable bonds is 5. The molecule has 1 saturated carbocycles. The van der Waals surface area contributed by atoms with Gasteiger partial charge in [-0.1, -0.05) is 42.5 Å². The Morgan fingerprint density at radius 1 is 1.14 bits per heavy atom. The van der Waals surface area contributed by atoms with Crippen molar-refractivity contribution in [2.75, 3.05) is 26.7 Å². The molecule has 1 aromatic carbocycles. The monoisotopic (exact) mass is 416 g/mol. The van der Waals surface area contributed by atoms with Crippen LogP contribution in [0.25, 0.3) is 6.08 Å². The van der Waals surface area contributed by atoms with E-state index < -0.39 is 0 Å². The maximum atomic E-state index is 12.6. The number of benzene rings is 1. The molecule has 1 aromatic rings. The molecule has 0 bridgehead atoms. The lowest BCUT2D eigenvalue weighted by Gasteiger charge is -2.34. The summed E-state index contributed by atoms with van der Waals surface area (Å²) in [5, 5.41) is 4.12. The highest BCUT2D eigenvalue weighted by Crippen LogP contribution is 2.36. The SMILES string of the molecule is COc1ccc(Cl)c2c1CCC(CN1CCC(C(=O)NC3CCCCC3)CC1)=C2. The van der Waals surface area contributed by atoms with Gasteiger partial charge in [0, 0.05) is 29.1 Å². The Labute approximate surface area is 179 Å². The molecule has 0 aromatic heterocycles. The summed E-state index contributed by atoms with van der Waals surface area (Å²) in [6.07, 6.45) is 12.4. The predicted octanol–water partition coefficient (Wildman–Crippen LogP) is 4.84. The average Bonchev–Trinajstić information content (AvgIpc) is 2.75. The third-order valence-corrected chi connectivity index (χ3v) is 7.19. The van der Waals surface area contributed by atoms with Gasteiger partial charge in [-0.15, -0.1) is 0 Å². The zero-order valence-corrected chi connectivity index (χ0v) is 18.3. The zero-order valence-electron chi connectivity index (χ0n) is 17.5. The first-order valence-electron chi connectivity index (χ1n) is 11.2. The van der Waals surface area contributed by atoms with Gasteiger partial charge in [-0.2, -0.15) is 0 Å². The Bertz CT molecular complexity index is 762. The van der Waals surface area contributed by atoms with Crippen molar-refractivity contribution >= 4 is 23.6 Å². The summed E-state index contributed by atoms with van der Waals surface area (Å²) in [7, 11) is 1.72. The molecule has 0 unspecified atom stereocenters. The molecule has 1 saturated heterocycles. The van der Waals surface area contributed by atoms with Crippen LogP contribution in [0.15, 0.2) is 17.7 Å². The van der Waals surface area contributed by atoms with E-state index in [0.29, 0.717) is 11.9 Å². The van der Waals surface area contributed by atoms with Gasteiger partial charge >= 0.3 is 0 Å². The second kappa shape index (κ2) is 9.53. The largest absolute Gasteiger partial charge is 0.496 e. The van der Waals surface area contributed by atoms with Crippen LogP contribution in [0, 0.1) is 5.92 Å². The number of carbonyl (C=O) groups excluding carboxylic acids is 1. The van der Waals surface area contributed by atoms with E-state index in [1.807, 2.05) is 12.1 Å². The minimum absolute atomic E-state index is 0.188. The van der Waals surface area contributed by atoms with Crippen LogP contribution in [0.5, 0.6) is 5.75 Å². The van der Waals surface area contributed by atoms with Crippen LogP contribution in [-0.4, -0.2) is 43.6 Å². The highest BCUT2D eigenvalue weighted by atomic mass is 35.5. The number of fused-ring (bicyclic) bond motifs is 1. The fourth-order valence-corrected chi connectivity index (χ4v) is 5.35. The van der Waals surface area contributed by atoms with Crippen molar-refractivity contribution in [2.45, 2.75) is 63.8 Å². The smallest absolute Gasteiger partial charge is 0.223 e. The van der Waals surface area contributed by atoms with Gasteiger partial charge in [-0.3, -0.25) is 9.69 Å². The average molecular weight is 417 g/mol. The van der Waals surface area contributed by atoms with Gasteiger partial charge < -0.3 is 10.1 Å². The van der Waals surface area contributed by atoms with Crippen LogP contribution in [0.1, 0.15) is 62.5 Å². The van der Waals surface area contributed by atoms with Crippen LogP contribution in [0.2, 0.25) is 5.02 Å². The highest BCUT2D eigenvalue weighted by Gasteiger charge is 2.28. The Hall–Kier alpha value is -1.52. The molecular formula is C24H33ClN2O2. The van der Waals surface area contributed by atoms with Crippen molar-refractivity contribution in [1.82, 2.24) is 10.2 Å². The van der Waals surface area contributed by atoms with Gasteiger partial charge in [-0.05, 0) is 69.3 Å². The van der Waals surface area contributed by atoms with Crippen molar-refractivity contribution in [3.63, 3.8) is 0 Å². The third-order valence-electron chi connectivity index (χ3n) is 6.86. The van der Waals surface area contributed by atoms with E-state index in [0.717, 1.165) is 74.5 Å². The molecule has 1 N–H and O–H groups in total. The first-order chi connectivity index (χ1) is 14.1. The molecule has 0 radical (unpaired) electrons. The highest BCUT2D eigenvalue weighted by molar-refractivity contribution is 6.32. The maximum absolute atomic E-state index is 12.6. The van der Waals surface area contributed by atoms with E-state index >= 15 is 0 Å². The minimum atomic E-state index is 0.188. The Balaban J connectivity index is 1.30. The Kier molecular flexibility index (Phi) is 6.81. The molecule has 158 valence electrons. The van der Waals surface area contributed by atoms with Crippen LogP contribution >= 0.6 is 11.6 Å². The summed E-state index contributed by atoms with van der Waals surface area (Å²) < 4.78 is 5.51. The molecule has 4 nitrogen and oxygen atoms in total. The van der Waals surface area contributed by atoms with E-state index in [1.165, 1.54) is 30.4 Å². The number of likely N-dealkylation sites (tertiary alicyclic amines) is 1. The summed E-state index contributed by atoms with van der Waals surface area (Å²) in [4.78, 5) is 15.1. The van der Waals surface area contributed by atoms with E-state index in [9.17, 15) is 4.79 Å². The lowest BCUT2D eigenvalue weighted by molar-refractivity contribution is -0.127. The normalized spacial score (nSPS) is 21.4. The first-order valence-corrected chi connectivity index (χ1v) is 11.6. The number of amides is 1. The molecule has 1 aliphatic heterocycles. The molecule has 4 rings (SSSR count). The zero-order chi connectivity index (χ0) is 20.2. The maximum Gasteiger partial charge on any atom is 0.223 e. The van der Waals surface area contributed by atoms with Gasteiger partial charge in [-0.25, -0.2) is 0 Å². The lowest BCUT2D eigenvalue weighted by Crippen LogP contribution is -2.44. The van der Waals surface area contributed by atoms with Crippen molar-refractivity contribution in [1.29, 1.82) is 0 Å². The van der Waals surface area contributed by atoms with Crippen LogP contribution in [0.4, 0.5) is 0 Å². The van der Waals surface area contributed by atoms with E-state index in [2.05, 4.69) is 16.3 Å². The van der Waals surface area contributed by atoms with Crippen molar-refractivity contribution in [3.05, 3.63) is 33.9 Å². The number of hydrogen-bond donors (Lipinski definition) is 1. The van der Waals surface area contributed by atoms with Crippen LogP contribution in [-0.2, 0) is 11.2 Å². The number of carbonyl (C=O) groups is 1. The van der Waals surface area contributed by atoms with Crippen LogP contribution < -0.4 is 10.1 Å². The van der Waals surface area contributed by atoms with Crippen molar-refractivity contribution < 1.29 is 9.53 Å². The molecule has 29 heavy (non-hydrogen) atoms. The van der Waals surface area contributed by atoms with E-state index in [1.54, 1.807) is 7.11 Å². The second-order valence-electron chi connectivity index (χ2n) is 8.84. The molecule has 3 aliphatic rings. The summed E-state index contributed by atoms with van der Waals surface area (Å²) in [6, 6.07) is 4.31. The van der Waals surface area contributed by atoms with E-state index in [-0.39, 0.29) is 5.92 Å². The molecular weight excluding hydrogens is 384 g/mol. The molecule has 1 heterocycles. The Morgan fingerprint density at radius 2 is 1.90 bits per heavy atom. The molecule has 2 fully saturated rings. The van der Waals surface area contributed by atoms with Crippen LogP contribution in [0.3, 0.4) is 0 Å². The summed E-state index contributed by atoms with van der Waals surface area (Å²) >= 11 is 6.45. The van der Waals surface area contributed by atoms with Gasteiger partial charge in [0.15, 0.2) is 0 Å². The second-order valence-corrected chi connectivity index (χ2v) is 9.25. The standard InChI is InChI=1S/C24H33ClN2O2/c1-29-23-10-9-22(25)21-15-17(7-8-20(21)23)16-27-13-11-18(12-14-27)24(28)26-19-5-3-2-4-6-19/h9-10,15,18-19H,2-8,11-14,16H2,1H3,(H,26,28). The van der Waals surface area contributed by atoms with Gasteiger partial charge in [0.1, 0.15) is 5.75 Å². The number of nitrogens with zero attached hydrogens (tertiary/aromatic N) is 1. The fraction of sp³-hybridized carbons (Fsp3) is 0.625. The summed E-state index contributed by atoms with van der Waals surface area (Å²) in [5.74, 6) is 1.42. The van der Waals surface area contributed by atoms with Gasteiger partial charge in [0.2, 0.25) is 5.91 Å². The number of halogens is 1. The number of methoxy groups -OCH3 is 1. The molecule has 2 aliphatic carbocycles. The molecule has 0 spiro atoms. The first kappa shape index (κ1) is 20.7. The quantitative estimate of drug-likeness (QED) is 0.746. The minimum Gasteiger partial charge on any atom is -0.496 e. The number of ether oxygens (including phenoxy) is 1. The third kappa shape index (κ3) is 4.97. The molecule has 5 heteroatoms. The molecule has 1 amide bonds.